The first kappa shape index (κ1) is 40.2. The van der Waals surface area contributed by atoms with Gasteiger partial charge in [-0.3, -0.25) is 16.7 Å². The Morgan fingerprint density at radius 1 is 0.347 bits per heavy atom. The number of hydrogen-bond acceptors (Lipinski definition) is 12. The molecule has 49 heavy (non-hydrogen) atoms. The lowest BCUT2D eigenvalue weighted by Crippen LogP contribution is -2.44. The minimum atomic E-state index is -4.59. The van der Waals surface area contributed by atoms with Crippen LogP contribution in [0.3, 0.4) is 0 Å². The largest absolute Gasteiger partial charge is 0.296 e. The highest BCUT2D eigenvalue weighted by molar-refractivity contribution is 9.11. The van der Waals surface area contributed by atoms with E-state index < -0.39 is 72.3 Å². The van der Waals surface area contributed by atoms with Crippen molar-refractivity contribution >= 4 is 104 Å². The van der Waals surface area contributed by atoms with Crippen molar-refractivity contribution < 1.29 is 50.4 Å². The molecule has 0 radical (unpaired) electrons. The molecule has 0 aliphatic carbocycles. The third-order valence-corrected chi connectivity index (χ3v) is 13.7. The van der Waals surface area contributed by atoms with Crippen molar-refractivity contribution in [2.45, 2.75) is 19.6 Å². The number of hydrogen-bond donors (Lipinski definition) is 0. The van der Waals surface area contributed by atoms with E-state index in [-0.39, 0.29) is 19.6 Å². The Labute approximate surface area is 318 Å². The van der Waals surface area contributed by atoms with Crippen molar-refractivity contribution in [2.75, 3.05) is 26.4 Å². The summed E-state index contributed by atoms with van der Waals surface area (Å²) in [6.07, 6.45) is 0. The van der Waals surface area contributed by atoms with Gasteiger partial charge in [0.05, 0.1) is 51.4 Å². The molecule has 0 aliphatic rings. The highest BCUT2D eigenvalue weighted by Crippen LogP contribution is 2.30. The van der Waals surface area contributed by atoms with Gasteiger partial charge in [0.2, 0.25) is 0 Å². The number of benzene rings is 4. The van der Waals surface area contributed by atoms with E-state index in [0.29, 0.717) is 17.9 Å². The zero-order chi connectivity index (χ0) is 36.1. The molecule has 0 fully saturated rings. The van der Waals surface area contributed by atoms with Crippen LogP contribution < -0.4 is 0 Å². The third-order valence-electron chi connectivity index (χ3n) is 6.49. The highest BCUT2D eigenvalue weighted by atomic mass is 79.9. The van der Waals surface area contributed by atoms with E-state index in [9.17, 15) is 33.7 Å². The molecule has 0 aliphatic heterocycles. The van der Waals surface area contributed by atoms with Gasteiger partial charge >= 0.3 is 0 Å². The van der Waals surface area contributed by atoms with Crippen molar-refractivity contribution in [3.63, 3.8) is 0 Å². The van der Waals surface area contributed by atoms with Crippen LogP contribution in [-0.4, -0.2) is 60.1 Å². The van der Waals surface area contributed by atoms with Crippen LogP contribution in [0.2, 0.25) is 0 Å². The monoisotopic (exact) mass is 1010 g/mol. The van der Waals surface area contributed by atoms with E-state index in [1.807, 2.05) is 0 Å². The summed E-state index contributed by atoms with van der Waals surface area (Å²) in [5, 5.41) is 0. The van der Waals surface area contributed by atoms with Gasteiger partial charge in [0, 0.05) is 17.9 Å². The Balaban J connectivity index is 1.75. The van der Waals surface area contributed by atoms with Crippen molar-refractivity contribution in [3.8, 4) is 0 Å². The van der Waals surface area contributed by atoms with Gasteiger partial charge in [0.1, 0.15) is 0 Å². The normalized spacial score (nSPS) is 13.0. The van der Waals surface area contributed by atoms with Gasteiger partial charge in [-0.1, -0.05) is 63.7 Å². The van der Waals surface area contributed by atoms with Crippen LogP contribution in [0.1, 0.15) is 0 Å². The van der Waals surface area contributed by atoms with Gasteiger partial charge in [-0.05, 0) is 97.1 Å². The summed E-state index contributed by atoms with van der Waals surface area (Å²) in [5.74, 6) is 0. The molecule has 0 heterocycles. The minimum Gasteiger partial charge on any atom is -0.266 e. The Kier molecular flexibility index (Phi) is 13.5. The molecule has 0 spiro atoms. The summed E-state index contributed by atoms with van der Waals surface area (Å²) >= 11 is 12.8. The average Bonchev–Trinajstić information content (AvgIpc) is 3.05. The van der Waals surface area contributed by atoms with Gasteiger partial charge in [0.15, 0.2) is 0 Å². The van der Waals surface area contributed by atoms with Gasteiger partial charge < -0.3 is 0 Å². The van der Waals surface area contributed by atoms with E-state index in [1.54, 1.807) is 0 Å². The van der Waals surface area contributed by atoms with Gasteiger partial charge in [-0.2, -0.15) is 33.7 Å². The summed E-state index contributed by atoms with van der Waals surface area (Å²) in [5.41, 5.74) is -2.21. The molecule has 0 N–H and O–H groups in total. The zero-order valence-electron chi connectivity index (χ0n) is 24.6. The predicted molar refractivity (Wildman–Crippen MR) is 192 cm³/mol. The molecule has 0 amide bonds. The first-order valence-corrected chi connectivity index (χ1v) is 22.2. The average molecular weight is 1010 g/mol. The summed E-state index contributed by atoms with van der Waals surface area (Å²) in [4.78, 5) is -1.22. The Hall–Kier alpha value is -1.56. The van der Waals surface area contributed by atoms with Crippen LogP contribution in [-0.2, 0) is 57.2 Å². The van der Waals surface area contributed by atoms with Gasteiger partial charge in [-0.15, -0.1) is 0 Å². The smallest absolute Gasteiger partial charge is 0.266 e. The highest BCUT2D eigenvalue weighted by Gasteiger charge is 2.40. The van der Waals surface area contributed by atoms with Crippen molar-refractivity contribution in [3.05, 3.63) is 115 Å². The SMILES string of the molecule is O=S(=O)(OCC(COS(=O)(=O)c1ccc(Br)cc1)(COS(=O)(=O)c1ccc(Br)cc1)COS(=O)(=O)c1ccc(Br)cc1)c1ccc(Br)cc1. The molecule has 4 aromatic carbocycles. The van der Waals surface area contributed by atoms with E-state index in [1.165, 1.54) is 97.1 Å². The Bertz CT molecular complexity index is 1870. The molecular formula is C29H24Br4O12S4. The molecule has 0 saturated heterocycles. The Morgan fingerprint density at radius 2 is 0.510 bits per heavy atom. The van der Waals surface area contributed by atoms with Crippen molar-refractivity contribution in [1.82, 2.24) is 0 Å². The Morgan fingerprint density at radius 3 is 0.673 bits per heavy atom. The second-order valence-electron chi connectivity index (χ2n) is 10.2. The van der Waals surface area contributed by atoms with E-state index in [4.69, 9.17) is 16.7 Å². The number of rotatable bonds is 16. The van der Waals surface area contributed by atoms with Gasteiger partial charge in [0.25, 0.3) is 40.5 Å². The molecule has 0 unspecified atom stereocenters. The second kappa shape index (κ2) is 16.4. The predicted octanol–water partition coefficient (Wildman–Crippen LogP) is 6.64. The molecule has 4 aromatic rings. The van der Waals surface area contributed by atoms with Gasteiger partial charge in [-0.25, -0.2) is 0 Å². The van der Waals surface area contributed by atoms with E-state index in [2.05, 4.69) is 63.7 Å². The summed E-state index contributed by atoms with van der Waals surface area (Å²) in [6.45, 7) is -4.19. The first-order valence-electron chi connectivity index (χ1n) is 13.4. The summed E-state index contributed by atoms with van der Waals surface area (Å²) in [6, 6.07) is 21.2. The first-order chi connectivity index (χ1) is 22.8. The summed E-state index contributed by atoms with van der Waals surface area (Å²) < 4.78 is 129. The molecule has 0 saturated carbocycles. The van der Waals surface area contributed by atoms with Crippen molar-refractivity contribution in [2.24, 2.45) is 5.41 Å². The van der Waals surface area contributed by atoms with Crippen LogP contribution in [0.4, 0.5) is 0 Å². The maximum atomic E-state index is 13.2. The molecule has 20 heteroatoms. The van der Waals surface area contributed by atoms with Crippen LogP contribution in [0.5, 0.6) is 0 Å². The lowest BCUT2D eigenvalue weighted by atomic mass is 9.93. The molecular weight excluding hydrogens is 988 g/mol. The summed E-state index contributed by atoms with van der Waals surface area (Å²) in [7, 11) is -18.4. The molecule has 0 bridgehead atoms. The van der Waals surface area contributed by atoms with Crippen LogP contribution >= 0.6 is 63.7 Å². The van der Waals surface area contributed by atoms with Crippen LogP contribution in [0, 0.1) is 5.41 Å². The molecule has 264 valence electrons. The molecule has 12 nitrogen and oxygen atoms in total. The fraction of sp³-hybridized carbons (Fsp3) is 0.172. The quantitative estimate of drug-likeness (QED) is 0.110. The van der Waals surface area contributed by atoms with E-state index in [0.717, 1.165) is 0 Å². The minimum absolute atomic E-state index is 0.306. The fourth-order valence-corrected chi connectivity index (χ4v) is 8.84. The third kappa shape index (κ3) is 11.2. The fourth-order valence-electron chi connectivity index (χ4n) is 3.74. The topological polar surface area (TPSA) is 173 Å². The molecule has 4 rings (SSSR count). The number of halogens is 4. The zero-order valence-corrected chi connectivity index (χ0v) is 34.2. The van der Waals surface area contributed by atoms with E-state index >= 15 is 0 Å². The lowest BCUT2D eigenvalue weighted by molar-refractivity contribution is 0.00406. The maximum absolute atomic E-state index is 13.2. The van der Waals surface area contributed by atoms with Crippen LogP contribution in [0.25, 0.3) is 0 Å². The van der Waals surface area contributed by atoms with Crippen molar-refractivity contribution in [1.29, 1.82) is 0 Å². The van der Waals surface area contributed by atoms with Crippen LogP contribution in [0.15, 0.2) is 135 Å². The second-order valence-corrected chi connectivity index (χ2v) is 20.3. The standard InChI is InChI=1S/C29H24Br4O12S4/c30-21-1-9-25(10-2-21)46(34,35)42-17-29(18-43-47(36,37)26-11-3-22(31)4-12-26,19-44-48(38,39)27-13-5-23(32)6-14-27)20-45-49(40,41)28-15-7-24(33)8-16-28/h1-16H,17-20H2. The molecule has 0 atom stereocenters. The lowest BCUT2D eigenvalue weighted by Gasteiger charge is -2.31. The maximum Gasteiger partial charge on any atom is 0.296 e. The molecule has 0 aromatic heterocycles.